The summed E-state index contributed by atoms with van der Waals surface area (Å²) in [6.45, 7) is 1.97. The lowest BCUT2D eigenvalue weighted by Crippen LogP contribution is -2.11. The van der Waals surface area contributed by atoms with Gasteiger partial charge in [-0.05, 0) is 24.5 Å². The van der Waals surface area contributed by atoms with Gasteiger partial charge >= 0.3 is 0 Å². The lowest BCUT2D eigenvalue weighted by molar-refractivity contribution is 0.852. The number of aryl methyl sites for hydroxylation is 1. The molecule has 1 atom stereocenters. The van der Waals surface area contributed by atoms with Crippen LogP contribution >= 0.6 is 22.9 Å². The van der Waals surface area contributed by atoms with Crippen molar-refractivity contribution in [1.82, 2.24) is 9.36 Å². The van der Waals surface area contributed by atoms with Crippen molar-refractivity contribution in [3.63, 3.8) is 0 Å². The molecule has 0 radical (unpaired) electrons. The third kappa shape index (κ3) is 1.63. The fraction of sp³-hybridized carbons (Fsp3) is 0.250. The molecule has 2 rings (SSSR count). The van der Waals surface area contributed by atoms with Crippen LogP contribution in [0, 0.1) is 6.92 Å². The van der Waals surface area contributed by atoms with Gasteiger partial charge in [0.25, 0.3) is 0 Å². The van der Waals surface area contributed by atoms with Gasteiger partial charge in [-0.3, -0.25) is 0 Å². The van der Waals surface area contributed by atoms with Crippen molar-refractivity contribution < 1.29 is 0 Å². The minimum atomic E-state index is -0.112. The van der Waals surface area contributed by atoms with Gasteiger partial charge in [-0.2, -0.15) is 4.37 Å². The normalized spacial score (nSPS) is 13.1. The third-order valence-corrected chi connectivity index (χ3v) is 3.43. The Kier molecular flexibility index (Phi) is 2.39. The van der Waals surface area contributed by atoms with Crippen LogP contribution in [0.25, 0.3) is 0 Å². The SMILES string of the molecule is Cc1ncsc1C(N)c1ccsn1. The van der Waals surface area contributed by atoms with E-state index in [0.29, 0.717) is 0 Å². The lowest BCUT2D eigenvalue weighted by atomic mass is 10.1. The van der Waals surface area contributed by atoms with E-state index in [1.807, 2.05) is 23.9 Å². The molecule has 5 heteroatoms. The molecule has 0 spiro atoms. The minimum absolute atomic E-state index is 0.112. The summed E-state index contributed by atoms with van der Waals surface area (Å²) in [6, 6.07) is 1.84. The first-order valence-corrected chi connectivity index (χ1v) is 5.56. The van der Waals surface area contributed by atoms with Crippen LogP contribution in [-0.2, 0) is 0 Å². The second-order valence-electron chi connectivity index (χ2n) is 2.70. The predicted octanol–water partition coefficient (Wildman–Crippen LogP) is 1.96. The highest BCUT2D eigenvalue weighted by atomic mass is 32.1. The number of hydrogen-bond donors (Lipinski definition) is 1. The summed E-state index contributed by atoms with van der Waals surface area (Å²) in [5.74, 6) is 0. The highest BCUT2D eigenvalue weighted by Gasteiger charge is 2.14. The molecule has 0 aliphatic heterocycles. The number of rotatable bonds is 2. The molecule has 0 amide bonds. The molecule has 2 aromatic heterocycles. The van der Waals surface area contributed by atoms with Gasteiger partial charge in [-0.1, -0.05) is 0 Å². The van der Waals surface area contributed by atoms with Crippen molar-refractivity contribution in [3.8, 4) is 0 Å². The van der Waals surface area contributed by atoms with E-state index in [2.05, 4.69) is 9.36 Å². The van der Waals surface area contributed by atoms with E-state index in [4.69, 9.17) is 5.73 Å². The van der Waals surface area contributed by atoms with Crippen LogP contribution in [0.15, 0.2) is 17.0 Å². The quantitative estimate of drug-likeness (QED) is 0.826. The fourth-order valence-corrected chi connectivity index (χ4v) is 2.50. The Morgan fingerprint density at radius 2 is 2.38 bits per heavy atom. The molecule has 0 aromatic carbocycles. The van der Waals surface area contributed by atoms with E-state index in [1.54, 1.807) is 11.3 Å². The minimum Gasteiger partial charge on any atom is -0.318 e. The molecule has 0 bridgehead atoms. The molecule has 0 aliphatic carbocycles. The Balaban J connectivity index is 2.33. The van der Waals surface area contributed by atoms with Gasteiger partial charge in [0.2, 0.25) is 0 Å². The topological polar surface area (TPSA) is 51.8 Å². The second kappa shape index (κ2) is 3.53. The van der Waals surface area contributed by atoms with Crippen LogP contribution in [0.2, 0.25) is 0 Å². The number of nitrogens with zero attached hydrogens (tertiary/aromatic N) is 2. The van der Waals surface area contributed by atoms with E-state index in [0.717, 1.165) is 16.3 Å². The molecule has 13 heavy (non-hydrogen) atoms. The van der Waals surface area contributed by atoms with Crippen LogP contribution in [0.5, 0.6) is 0 Å². The largest absolute Gasteiger partial charge is 0.318 e. The van der Waals surface area contributed by atoms with Gasteiger partial charge in [-0.25, -0.2) is 4.98 Å². The monoisotopic (exact) mass is 211 g/mol. The number of hydrogen-bond acceptors (Lipinski definition) is 5. The highest BCUT2D eigenvalue weighted by molar-refractivity contribution is 7.09. The van der Waals surface area contributed by atoms with Crippen molar-refractivity contribution >= 4 is 22.9 Å². The fourth-order valence-electron chi connectivity index (χ4n) is 1.13. The first-order valence-electron chi connectivity index (χ1n) is 3.85. The van der Waals surface area contributed by atoms with Crippen molar-refractivity contribution in [2.24, 2.45) is 5.73 Å². The zero-order valence-corrected chi connectivity index (χ0v) is 8.73. The molecule has 2 heterocycles. The second-order valence-corrected chi connectivity index (χ2v) is 4.26. The zero-order chi connectivity index (χ0) is 9.26. The smallest absolute Gasteiger partial charge is 0.0849 e. The van der Waals surface area contributed by atoms with Crippen molar-refractivity contribution in [2.75, 3.05) is 0 Å². The van der Waals surface area contributed by atoms with E-state index < -0.39 is 0 Å². The number of nitrogens with two attached hydrogens (primary N) is 1. The average Bonchev–Trinajstić information content (AvgIpc) is 2.72. The molecular formula is C8H9N3S2. The van der Waals surface area contributed by atoms with E-state index in [1.165, 1.54) is 11.5 Å². The van der Waals surface area contributed by atoms with Crippen LogP contribution in [0.1, 0.15) is 22.3 Å². The Morgan fingerprint density at radius 3 is 2.92 bits per heavy atom. The molecular weight excluding hydrogens is 202 g/mol. The Labute approximate surface area is 84.4 Å². The summed E-state index contributed by atoms with van der Waals surface area (Å²) in [6.07, 6.45) is 0. The van der Waals surface area contributed by atoms with Crippen molar-refractivity contribution in [2.45, 2.75) is 13.0 Å². The van der Waals surface area contributed by atoms with Crippen LogP contribution in [0.3, 0.4) is 0 Å². The standard InChI is InChI=1S/C8H9N3S2/c1-5-8(12-4-10-5)7(9)6-2-3-13-11-6/h2-4,7H,9H2,1H3. The Morgan fingerprint density at radius 1 is 1.54 bits per heavy atom. The third-order valence-electron chi connectivity index (χ3n) is 1.84. The summed E-state index contributed by atoms with van der Waals surface area (Å²) in [7, 11) is 0. The number of thiazole rings is 1. The molecule has 0 saturated heterocycles. The Bertz CT molecular complexity index is 380. The molecule has 2 N–H and O–H groups in total. The molecule has 2 aromatic rings. The summed E-state index contributed by atoms with van der Waals surface area (Å²) in [4.78, 5) is 5.26. The maximum absolute atomic E-state index is 6.02. The van der Waals surface area contributed by atoms with Crippen LogP contribution in [-0.4, -0.2) is 9.36 Å². The summed E-state index contributed by atoms with van der Waals surface area (Å²) in [5.41, 5.74) is 9.77. The predicted molar refractivity (Wildman–Crippen MR) is 55.0 cm³/mol. The molecule has 3 nitrogen and oxygen atoms in total. The van der Waals surface area contributed by atoms with Crippen molar-refractivity contribution in [3.05, 3.63) is 33.2 Å². The average molecular weight is 211 g/mol. The summed E-state index contributed by atoms with van der Waals surface area (Å²) in [5, 5.41) is 1.94. The van der Waals surface area contributed by atoms with Gasteiger partial charge in [0.1, 0.15) is 0 Å². The Hall–Kier alpha value is -0.780. The molecule has 0 aliphatic rings. The van der Waals surface area contributed by atoms with Crippen molar-refractivity contribution in [1.29, 1.82) is 0 Å². The molecule has 0 fully saturated rings. The van der Waals surface area contributed by atoms with Gasteiger partial charge < -0.3 is 5.73 Å². The highest BCUT2D eigenvalue weighted by Crippen LogP contribution is 2.24. The van der Waals surface area contributed by atoms with E-state index in [-0.39, 0.29) is 6.04 Å². The van der Waals surface area contributed by atoms with Gasteiger partial charge in [0.15, 0.2) is 0 Å². The van der Waals surface area contributed by atoms with Gasteiger partial charge in [0, 0.05) is 5.38 Å². The number of aromatic nitrogens is 2. The van der Waals surface area contributed by atoms with Gasteiger partial charge in [0.05, 0.1) is 27.8 Å². The maximum atomic E-state index is 6.02. The first kappa shape index (κ1) is 8.80. The van der Waals surface area contributed by atoms with Crippen LogP contribution in [0.4, 0.5) is 0 Å². The first-order chi connectivity index (χ1) is 6.29. The zero-order valence-electron chi connectivity index (χ0n) is 7.10. The van der Waals surface area contributed by atoms with Gasteiger partial charge in [-0.15, -0.1) is 11.3 Å². The molecule has 1 unspecified atom stereocenters. The van der Waals surface area contributed by atoms with Crippen LogP contribution < -0.4 is 5.73 Å². The van der Waals surface area contributed by atoms with E-state index in [9.17, 15) is 0 Å². The lowest BCUT2D eigenvalue weighted by Gasteiger charge is -2.05. The summed E-state index contributed by atoms with van der Waals surface area (Å²) < 4.78 is 4.21. The molecule has 0 saturated carbocycles. The summed E-state index contributed by atoms with van der Waals surface area (Å²) >= 11 is 3.01. The maximum Gasteiger partial charge on any atom is 0.0849 e. The van der Waals surface area contributed by atoms with E-state index >= 15 is 0 Å². The molecule has 68 valence electrons.